The number of piperidine rings is 1. The fraction of sp³-hybridized carbons (Fsp3) is 0.625. The summed E-state index contributed by atoms with van der Waals surface area (Å²) in [6.07, 6.45) is 4.63. The third-order valence-corrected chi connectivity index (χ3v) is 5.13. The van der Waals surface area contributed by atoms with Crippen molar-refractivity contribution < 1.29 is 8.78 Å². The molecule has 0 amide bonds. The van der Waals surface area contributed by atoms with Crippen molar-refractivity contribution in [3.63, 3.8) is 0 Å². The van der Waals surface area contributed by atoms with Gasteiger partial charge in [-0.3, -0.25) is 4.90 Å². The van der Waals surface area contributed by atoms with Gasteiger partial charge in [0.1, 0.15) is 11.6 Å². The van der Waals surface area contributed by atoms with E-state index < -0.39 is 11.6 Å². The minimum absolute atomic E-state index is 0.199. The van der Waals surface area contributed by atoms with Gasteiger partial charge in [-0.2, -0.15) is 0 Å². The van der Waals surface area contributed by atoms with Crippen LogP contribution in [-0.4, -0.2) is 30.6 Å². The summed E-state index contributed by atoms with van der Waals surface area (Å²) < 4.78 is 28.5. The molecule has 2 nitrogen and oxygen atoms in total. The van der Waals surface area contributed by atoms with Crippen LogP contribution in [0.3, 0.4) is 0 Å². The van der Waals surface area contributed by atoms with Gasteiger partial charge in [-0.1, -0.05) is 0 Å². The van der Waals surface area contributed by atoms with Crippen molar-refractivity contribution >= 4 is 15.9 Å². The first-order valence-electron chi connectivity index (χ1n) is 7.72. The number of hydrogen-bond donors (Lipinski definition) is 1. The topological polar surface area (TPSA) is 15.3 Å². The highest BCUT2D eigenvalue weighted by Crippen LogP contribution is 2.32. The zero-order valence-corrected chi connectivity index (χ0v) is 13.6. The molecule has 0 aromatic heterocycles. The minimum Gasteiger partial charge on any atom is -0.317 e. The second-order valence-electron chi connectivity index (χ2n) is 6.18. The van der Waals surface area contributed by atoms with Crippen LogP contribution in [0.4, 0.5) is 8.78 Å². The quantitative estimate of drug-likeness (QED) is 0.807. The molecule has 0 radical (unpaired) electrons. The fourth-order valence-electron chi connectivity index (χ4n) is 3.10. The third-order valence-electron chi connectivity index (χ3n) is 4.51. The Hall–Kier alpha value is -0.520. The highest BCUT2D eigenvalue weighted by atomic mass is 79.9. The molecule has 21 heavy (non-hydrogen) atoms. The Balaban J connectivity index is 1.72. The molecule has 1 aliphatic heterocycles. The van der Waals surface area contributed by atoms with E-state index >= 15 is 0 Å². The van der Waals surface area contributed by atoms with Gasteiger partial charge in [0.25, 0.3) is 0 Å². The van der Waals surface area contributed by atoms with E-state index in [0.717, 1.165) is 45.3 Å². The van der Waals surface area contributed by atoms with Gasteiger partial charge in [-0.15, -0.1) is 0 Å². The number of benzene rings is 1. The van der Waals surface area contributed by atoms with Crippen LogP contribution in [0.5, 0.6) is 0 Å². The van der Waals surface area contributed by atoms with E-state index in [-0.39, 0.29) is 5.56 Å². The molecular formula is C16H21BrF2N2. The Labute approximate surface area is 133 Å². The molecule has 0 spiro atoms. The monoisotopic (exact) mass is 358 g/mol. The number of halogens is 3. The zero-order chi connectivity index (χ0) is 14.8. The lowest BCUT2D eigenvalue weighted by molar-refractivity contribution is 0.186. The van der Waals surface area contributed by atoms with Gasteiger partial charge in [-0.25, -0.2) is 8.78 Å². The Morgan fingerprint density at radius 1 is 1.14 bits per heavy atom. The van der Waals surface area contributed by atoms with Gasteiger partial charge in [0.15, 0.2) is 0 Å². The second-order valence-corrected chi connectivity index (χ2v) is 7.03. The number of rotatable bonds is 5. The summed E-state index contributed by atoms with van der Waals surface area (Å²) in [5.41, 5.74) is 0.199. The Bertz CT molecular complexity index is 499. The Morgan fingerprint density at radius 2 is 1.86 bits per heavy atom. The summed E-state index contributed by atoms with van der Waals surface area (Å²) in [4.78, 5) is 2.28. The predicted octanol–water partition coefficient (Wildman–Crippen LogP) is 3.69. The lowest BCUT2D eigenvalue weighted by Crippen LogP contribution is -2.37. The summed E-state index contributed by atoms with van der Waals surface area (Å²) in [6.45, 7) is 3.45. The molecule has 1 N–H and O–H groups in total. The molecule has 1 saturated heterocycles. The number of nitrogens with one attached hydrogen (secondary N) is 1. The van der Waals surface area contributed by atoms with E-state index in [9.17, 15) is 8.78 Å². The zero-order valence-electron chi connectivity index (χ0n) is 12.0. The highest BCUT2D eigenvalue weighted by Gasteiger charge is 2.32. The smallest absolute Gasteiger partial charge is 0.144 e. The number of hydrogen-bond acceptors (Lipinski definition) is 2. The van der Waals surface area contributed by atoms with Crippen LogP contribution in [0.1, 0.15) is 31.2 Å². The fourth-order valence-corrected chi connectivity index (χ4v) is 3.47. The van der Waals surface area contributed by atoms with Crippen molar-refractivity contribution in [2.75, 3.05) is 19.6 Å². The van der Waals surface area contributed by atoms with E-state index in [1.165, 1.54) is 12.1 Å². The van der Waals surface area contributed by atoms with Gasteiger partial charge in [0, 0.05) is 24.7 Å². The van der Waals surface area contributed by atoms with Crippen molar-refractivity contribution in [1.29, 1.82) is 0 Å². The van der Waals surface area contributed by atoms with Gasteiger partial charge in [0.05, 0.1) is 4.47 Å². The number of nitrogens with zero attached hydrogens (tertiary/aromatic N) is 1. The van der Waals surface area contributed by atoms with E-state index in [4.69, 9.17) is 0 Å². The summed E-state index contributed by atoms with van der Waals surface area (Å²) in [6, 6.07) is 3.29. The molecule has 2 fully saturated rings. The average molecular weight is 359 g/mol. The van der Waals surface area contributed by atoms with E-state index in [2.05, 4.69) is 26.1 Å². The lowest BCUT2D eigenvalue weighted by atomic mass is 9.97. The second kappa shape index (κ2) is 6.71. The van der Waals surface area contributed by atoms with Crippen molar-refractivity contribution in [2.45, 2.75) is 38.3 Å². The predicted molar refractivity (Wildman–Crippen MR) is 83.1 cm³/mol. The van der Waals surface area contributed by atoms with E-state index in [0.29, 0.717) is 23.0 Å². The summed E-state index contributed by atoms with van der Waals surface area (Å²) in [5, 5.41) is 3.36. The van der Waals surface area contributed by atoms with Gasteiger partial charge in [-0.05, 0) is 72.8 Å². The maximum Gasteiger partial charge on any atom is 0.144 e. The molecule has 1 saturated carbocycles. The third kappa shape index (κ3) is 3.82. The van der Waals surface area contributed by atoms with Crippen LogP contribution >= 0.6 is 15.9 Å². The molecule has 1 heterocycles. The molecular weight excluding hydrogens is 338 g/mol. The van der Waals surface area contributed by atoms with Crippen LogP contribution in [0.25, 0.3) is 0 Å². The van der Waals surface area contributed by atoms with Crippen LogP contribution in [0, 0.1) is 17.6 Å². The molecule has 0 bridgehead atoms. The van der Waals surface area contributed by atoms with E-state index in [1.807, 2.05) is 0 Å². The molecule has 0 atom stereocenters. The van der Waals surface area contributed by atoms with Gasteiger partial charge < -0.3 is 5.32 Å². The molecule has 1 aliphatic carbocycles. The Kier molecular flexibility index (Phi) is 4.92. The van der Waals surface area contributed by atoms with Crippen molar-refractivity contribution in [3.8, 4) is 0 Å². The van der Waals surface area contributed by atoms with Gasteiger partial charge in [0.2, 0.25) is 0 Å². The van der Waals surface area contributed by atoms with Crippen molar-refractivity contribution in [2.24, 2.45) is 5.92 Å². The molecule has 1 aromatic rings. The maximum atomic E-state index is 14.2. The minimum atomic E-state index is -0.453. The largest absolute Gasteiger partial charge is 0.317 e. The molecule has 5 heteroatoms. The van der Waals surface area contributed by atoms with E-state index in [1.54, 1.807) is 0 Å². The molecule has 1 aromatic carbocycles. The van der Waals surface area contributed by atoms with Crippen LogP contribution in [-0.2, 0) is 6.54 Å². The first kappa shape index (κ1) is 15.4. The van der Waals surface area contributed by atoms with Crippen LogP contribution in [0.15, 0.2) is 16.6 Å². The molecule has 2 aliphatic rings. The molecule has 3 rings (SSSR count). The van der Waals surface area contributed by atoms with Crippen molar-refractivity contribution in [1.82, 2.24) is 10.2 Å². The first-order valence-corrected chi connectivity index (χ1v) is 8.51. The molecule has 0 unspecified atom stereocenters. The SMILES string of the molecule is Fc1ccc(Br)c(F)c1CN(CC1CCNCC1)C1CC1. The first-order chi connectivity index (χ1) is 10.1. The normalized spacial score (nSPS) is 20.2. The van der Waals surface area contributed by atoms with Gasteiger partial charge >= 0.3 is 0 Å². The summed E-state index contributed by atoms with van der Waals surface area (Å²) in [5.74, 6) is -0.247. The maximum absolute atomic E-state index is 14.2. The lowest BCUT2D eigenvalue weighted by Gasteiger charge is -2.30. The Morgan fingerprint density at radius 3 is 2.52 bits per heavy atom. The average Bonchev–Trinajstić information content (AvgIpc) is 3.32. The van der Waals surface area contributed by atoms with Crippen molar-refractivity contribution in [3.05, 3.63) is 33.8 Å². The summed E-state index contributed by atoms with van der Waals surface area (Å²) in [7, 11) is 0. The summed E-state index contributed by atoms with van der Waals surface area (Å²) >= 11 is 3.15. The van der Waals surface area contributed by atoms with Crippen LogP contribution < -0.4 is 5.32 Å². The standard InChI is InChI=1S/C16H21BrF2N2/c17-14-3-4-15(18)13(16(14)19)10-21(12-1-2-12)9-11-5-7-20-8-6-11/h3-4,11-12,20H,1-2,5-10H2. The highest BCUT2D eigenvalue weighted by molar-refractivity contribution is 9.10. The van der Waals surface area contributed by atoms with Crippen LogP contribution in [0.2, 0.25) is 0 Å². The molecule has 116 valence electrons.